The molecule has 1 saturated heterocycles. The summed E-state index contributed by atoms with van der Waals surface area (Å²) in [5.74, 6) is -1.58. The van der Waals surface area contributed by atoms with Gasteiger partial charge in [-0.2, -0.15) is 0 Å². The lowest BCUT2D eigenvalue weighted by atomic mass is 10.2. The number of amides is 2. The second-order valence-electron chi connectivity index (χ2n) is 6.01. The summed E-state index contributed by atoms with van der Waals surface area (Å²) in [5.41, 5.74) is -1.20. The second-order valence-corrected chi connectivity index (χ2v) is 8.61. The maximum atomic E-state index is 12.6. The van der Waals surface area contributed by atoms with Crippen molar-refractivity contribution < 1.29 is 27.5 Å². The van der Waals surface area contributed by atoms with Gasteiger partial charge in [0, 0.05) is 17.9 Å². The van der Waals surface area contributed by atoms with Crippen LogP contribution in [-0.2, 0) is 24.2 Å². The van der Waals surface area contributed by atoms with Crippen LogP contribution in [0, 0.1) is 0 Å². The van der Waals surface area contributed by atoms with Gasteiger partial charge in [0.15, 0.2) is 5.03 Å². The van der Waals surface area contributed by atoms with Crippen LogP contribution in [0.2, 0.25) is 5.02 Å². The Labute approximate surface area is 166 Å². The van der Waals surface area contributed by atoms with E-state index in [9.17, 15) is 22.8 Å². The minimum Gasteiger partial charge on any atom is -0.442 e. The van der Waals surface area contributed by atoms with Gasteiger partial charge < -0.3 is 4.74 Å². The maximum Gasteiger partial charge on any atom is 0.339 e. The molecule has 1 unspecified atom stereocenters. The van der Waals surface area contributed by atoms with Gasteiger partial charge in [-0.25, -0.2) is 23.1 Å². The highest BCUT2D eigenvalue weighted by molar-refractivity contribution is 7.91. The fourth-order valence-corrected chi connectivity index (χ4v) is 3.81. The molecule has 2 aromatic rings. The zero-order valence-corrected chi connectivity index (χ0v) is 16.2. The van der Waals surface area contributed by atoms with E-state index < -0.39 is 21.2 Å². The van der Waals surface area contributed by atoms with Gasteiger partial charge >= 0.3 is 5.97 Å². The minimum atomic E-state index is -4.10. The Bertz CT molecular complexity index is 1040. The van der Waals surface area contributed by atoms with Crippen LogP contribution in [0.4, 0.5) is 5.69 Å². The highest BCUT2D eigenvalue weighted by Crippen LogP contribution is 2.24. The number of halogens is 1. The fraction of sp³-hybridized carbons (Fsp3) is 0.222. The van der Waals surface area contributed by atoms with Gasteiger partial charge in [-0.05, 0) is 37.3 Å². The van der Waals surface area contributed by atoms with Crippen LogP contribution in [0.3, 0.4) is 0 Å². The predicted molar refractivity (Wildman–Crippen MR) is 99.5 cm³/mol. The van der Waals surface area contributed by atoms with E-state index in [-0.39, 0.29) is 40.9 Å². The normalized spacial score (nSPS) is 15.6. The topological polar surface area (TPSA) is 111 Å². The van der Waals surface area contributed by atoms with Gasteiger partial charge in [-0.1, -0.05) is 17.7 Å². The van der Waals surface area contributed by atoms with Crippen LogP contribution >= 0.6 is 11.6 Å². The number of esters is 1. The van der Waals surface area contributed by atoms with Crippen molar-refractivity contribution in [3.05, 3.63) is 53.2 Å². The van der Waals surface area contributed by atoms with Crippen molar-refractivity contribution in [2.75, 3.05) is 4.90 Å². The molecule has 28 heavy (non-hydrogen) atoms. The number of hydrogen-bond donors (Lipinski definition) is 0. The molecule has 0 radical (unpaired) electrons. The summed E-state index contributed by atoms with van der Waals surface area (Å²) in [6.45, 7) is 1.21. The Morgan fingerprint density at radius 1 is 1.18 bits per heavy atom. The quantitative estimate of drug-likeness (QED) is 0.537. The van der Waals surface area contributed by atoms with Crippen molar-refractivity contribution in [1.82, 2.24) is 4.98 Å². The van der Waals surface area contributed by atoms with Crippen LogP contribution in [0.25, 0.3) is 0 Å². The Morgan fingerprint density at radius 3 is 2.43 bits per heavy atom. The van der Waals surface area contributed by atoms with Gasteiger partial charge in [-0.3, -0.25) is 9.59 Å². The summed E-state index contributed by atoms with van der Waals surface area (Å²) in [6, 6.07) is 8.39. The fourth-order valence-electron chi connectivity index (χ4n) is 2.61. The second kappa shape index (κ2) is 7.69. The minimum absolute atomic E-state index is 0.107. The van der Waals surface area contributed by atoms with E-state index in [1.165, 1.54) is 25.1 Å². The number of imide groups is 1. The average molecular weight is 423 g/mol. The number of sulfone groups is 1. The summed E-state index contributed by atoms with van der Waals surface area (Å²) < 4.78 is 30.3. The average Bonchev–Trinajstić information content (AvgIpc) is 3.00. The van der Waals surface area contributed by atoms with Crippen molar-refractivity contribution in [2.45, 2.75) is 30.2 Å². The number of pyridine rings is 1. The van der Waals surface area contributed by atoms with Gasteiger partial charge in [0.2, 0.25) is 27.1 Å². The number of hydrogen-bond acceptors (Lipinski definition) is 7. The van der Waals surface area contributed by atoms with Crippen LogP contribution < -0.4 is 4.90 Å². The lowest BCUT2D eigenvalue weighted by Crippen LogP contribution is -2.29. The van der Waals surface area contributed by atoms with E-state index in [1.54, 1.807) is 12.1 Å². The zero-order valence-electron chi connectivity index (χ0n) is 14.7. The number of carbonyl (C=O) groups excluding carboxylic acids is 3. The molecule has 0 N–H and O–H groups in total. The van der Waals surface area contributed by atoms with Crippen molar-refractivity contribution in [2.24, 2.45) is 0 Å². The summed E-state index contributed by atoms with van der Waals surface area (Å²) >= 11 is 5.81. The molecule has 0 spiro atoms. The lowest BCUT2D eigenvalue weighted by Gasteiger charge is -2.16. The molecule has 2 heterocycles. The molecule has 1 fully saturated rings. The Kier molecular flexibility index (Phi) is 5.48. The summed E-state index contributed by atoms with van der Waals surface area (Å²) in [6.07, 6.45) is 1.34. The number of rotatable bonds is 5. The number of nitrogens with zero attached hydrogens (tertiary/aromatic N) is 2. The van der Waals surface area contributed by atoms with E-state index >= 15 is 0 Å². The monoisotopic (exact) mass is 422 g/mol. The summed E-state index contributed by atoms with van der Waals surface area (Å²) in [4.78, 5) is 40.4. The Balaban J connectivity index is 1.77. The number of aromatic nitrogens is 1. The van der Waals surface area contributed by atoms with E-state index in [1.807, 2.05) is 0 Å². The van der Waals surface area contributed by atoms with E-state index in [2.05, 4.69) is 4.98 Å². The molecule has 0 saturated carbocycles. The van der Waals surface area contributed by atoms with E-state index in [0.717, 1.165) is 17.2 Å². The first-order chi connectivity index (χ1) is 13.2. The molecule has 1 aliphatic rings. The molecular formula is C18H15ClN2O6S. The Morgan fingerprint density at radius 2 is 1.86 bits per heavy atom. The predicted octanol–water partition coefficient (Wildman–Crippen LogP) is 2.37. The molecular weight excluding hydrogens is 408 g/mol. The van der Waals surface area contributed by atoms with Gasteiger partial charge in [0.1, 0.15) is 0 Å². The van der Waals surface area contributed by atoms with Crippen molar-refractivity contribution >= 4 is 44.9 Å². The third kappa shape index (κ3) is 3.90. The standard InChI is InChI=1S/C18H15ClN2O6S/c1-11(27-18(24)12-3-2-4-13(19)9-12)28(25,26)15-6-5-14(10-20-15)21-16(22)7-8-17(21)23/h2-6,9-11H,7-8H2,1H3. The van der Waals surface area contributed by atoms with Crippen molar-refractivity contribution in [3.63, 3.8) is 0 Å². The first-order valence-corrected chi connectivity index (χ1v) is 10.1. The lowest BCUT2D eigenvalue weighted by molar-refractivity contribution is -0.121. The largest absolute Gasteiger partial charge is 0.442 e. The van der Waals surface area contributed by atoms with Gasteiger partial charge in [0.25, 0.3) is 0 Å². The first-order valence-electron chi connectivity index (χ1n) is 8.22. The molecule has 146 valence electrons. The zero-order chi connectivity index (χ0) is 20.5. The van der Waals surface area contributed by atoms with Crippen molar-refractivity contribution in [3.8, 4) is 0 Å². The molecule has 3 rings (SSSR count). The Hall–Kier alpha value is -2.78. The maximum absolute atomic E-state index is 12.6. The highest BCUT2D eigenvalue weighted by atomic mass is 35.5. The smallest absolute Gasteiger partial charge is 0.339 e. The summed E-state index contributed by atoms with van der Waals surface area (Å²) in [5, 5.41) is -0.0324. The third-order valence-electron chi connectivity index (χ3n) is 4.09. The third-order valence-corrected chi connectivity index (χ3v) is 6.12. The van der Waals surface area contributed by atoms with Crippen molar-refractivity contribution in [1.29, 1.82) is 0 Å². The molecule has 10 heteroatoms. The molecule has 1 atom stereocenters. The van der Waals surface area contributed by atoms with Crippen LogP contribution in [0.1, 0.15) is 30.1 Å². The van der Waals surface area contributed by atoms with Gasteiger partial charge in [0.05, 0.1) is 17.4 Å². The van der Waals surface area contributed by atoms with E-state index in [4.69, 9.17) is 16.3 Å². The molecule has 0 aliphatic carbocycles. The molecule has 8 nitrogen and oxygen atoms in total. The number of anilines is 1. The number of benzene rings is 1. The van der Waals surface area contributed by atoms with Crippen LogP contribution in [-0.4, -0.2) is 36.6 Å². The number of ether oxygens (including phenoxy) is 1. The van der Waals surface area contributed by atoms with Crippen LogP contribution in [0.15, 0.2) is 47.6 Å². The summed E-state index contributed by atoms with van der Waals surface area (Å²) in [7, 11) is -4.10. The number of carbonyl (C=O) groups is 3. The van der Waals surface area contributed by atoms with E-state index in [0.29, 0.717) is 5.02 Å². The molecule has 1 aliphatic heterocycles. The molecule has 1 aromatic heterocycles. The molecule has 2 amide bonds. The highest BCUT2D eigenvalue weighted by Gasteiger charge is 2.32. The first kappa shape index (κ1) is 20.0. The molecule has 1 aromatic carbocycles. The van der Waals surface area contributed by atoms with Crippen LogP contribution in [0.5, 0.6) is 0 Å². The SMILES string of the molecule is CC(OC(=O)c1cccc(Cl)c1)S(=O)(=O)c1ccc(N2C(=O)CCC2=O)cn1. The van der Waals surface area contributed by atoms with Gasteiger partial charge in [-0.15, -0.1) is 0 Å². The molecule has 0 bridgehead atoms.